The van der Waals surface area contributed by atoms with Gasteiger partial charge in [0.25, 0.3) is 0 Å². The standard InChI is InChI=1S/C14H20BrNO2/c1-12-11-16(7-2-9-17-12)8-10-18-14-5-3-13(15)4-6-14/h3-6,12H,2,7-11H2,1H3. The number of benzene rings is 1. The summed E-state index contributed by atoms with van der Waals surface area (Å²) < 4.78 is 12.4. The third-order valence-corrected chi connectivity index (χ3v) is 3.55. The van der Waals surface area contributed by atoms with E-state index in [-0.39, 0.29) is 0 Å². The van der Waals surface area contributed by atoms with Crippen molar-refractivity contribution in [2.75, 3.05) is 32.8 Å². The first-order valence-electron chi connectivity index (χ1n) is 6.46. The highest BCUT2D eigenvalue weighted by molar-refractivity contribution is 9.10. The first-order valence-corrected chi connectivity index (χ1v) is 7.25. The van der Waals surface area contributed by atoms with Crippen LogP contribution in [0.3, 0.4) is 0 Å². The molecule has 0 N–H and O–H groups in total. The monoisotopic (exact) mass is 313 g/mol. The SMILES string of the molecule is CC1CN(CCOc2ccc(Br)cc2)CCCO1. The topological polar surface area (TPSA) is 21.7 Å². The fourth-order valence-corrected chi connectivity index (χ4v) is 2.37. The van der Waals surface area contributed by atoms with Crippen LogP contribution in [0.5, 0.6) is 5.75 Å². The second-order valence-electron chi connectivity index (χ2n) is 4.64. The normalized spacial score (nSPS) is 21.6. The summed E-state index contributed by atoms with van der Waals surface area (Å²) in [6.45, 7) is 6.81. The fourth-order valence-electron chi connectivity index (χ4n) is 2.11. The minimum Gasteiger partial charge on any atom is -0.492 e. The van der Waals surface area contributed by atoms with Gasteiger partial charge in [-0.2, -0.15) is 0 Å². The molecule has 1 atom stereocenters. The lowest BCUT2D eigenvalue weighted by Gasteiger charge is -2.21. The summed E-state index contributed by atoms with van der Waals surface area (Å²) in [5.74, 6) is 0.928. The minimum atomic E-state index is 0.334. The van der Waals surface area contributed by atoms with E-state index in [1.807, 2.05) is 24.3 Å². The summed E-state index contributed by atoms with van der Waals surface area (Å²) >= 11 is 3.41. The Hall–Kier alpha value is -0.580. The van der Waals surface area contributed by atoms with Gasteiger partial charge in [-0.3, -0.25) is 4.90 Å². The second kappa shape index (κ2) is 7.12. The van der Waals surface area contributed by atoms with E-state index in [1.165, 1.54) is 0 Å². The predicted molar refractivity (Wildman–Crippen MR) is 76.1 cm³/mol. The van der Waals surface area contributed by atoms with Gasteiger partial charge < -0.3 is 9.47 Å². The molecular weight excluding hydrogens is 294 g/mol. The molecule has 100 valence electrons. The van der Waals surface area contributed by atoms with Crippen molar-refractivity contribution >= 4 is 15.9 Å². The molecule has 4 heteroatoms. The Kier molecular flexibility index (Phi) is 5.47. The Bertz CT molecular complexity index is 355. The third-order valence-electron chi connectivity index (χ3n) is 3.03. The lowest BCUT2D eigenvalue weighted by molar-refractivity contribution is 0.0658. The maximum Gasteiger partial charge on any atom is 0.119 e. The van der Waals surface area contributed by atoms with E-state index in [0.29, 0.717) is 6.10 Å². The minimum absolute atomic E-state index is 0.334. The maximum atomic E-state index is 5.74. The Balaban J connectivity index is 1.72. The van der Waals surface area contributed by atoms with Crippen molar-refractivity contribution in [2.24, 2.45) is 0 Å². The zero-order chi connectivity index (χ0) is 12.8. The van der Waals surface area contributed by atoms with E-state index in [0.717, 1.165) is 49.5 Å². The Morgan fingerprint density at radius 2 is 2.17 bits per heavy atom. The summed E-state index contributed by atoms with van der Waals surface area (Å²) in [5, 5.41) is 0. The molecule has 1 unspecified atom stereocenters. The van der Waals surface area contributed by atoms with Crippen LogP contribution in [0, 0.1) is 0 Å². The average Bonchev–Trinajstić information content (AvgIpc) is 2.56. The number of halogens is 1. The molecule has 0 bridgehead atoms. The molecule has 1 fully saturated rings. The van der Waals surface area contributed by atoms with E-state index in [1.54, 1.807) is 0 Å². The van der Waals surface area contributed by atoms with Gasteiger partial charge in [0.05, 0.1) is 6.10 Å². The van der Waals surface area contributed by atoms with E-state index >= 15 is 0 Å². The van der Waals surface area contributed by atoms with Crippen LogP contribution in [-0.2, 0) is 4.74 Å². The van der Waals surface area contributed by atoms with Crippen LogP contribution >= 0.6 is 15.9 Å². The molecule has 1 aromatic rings. The van der Waals surface area contributed by atoms with Gasteiger partial charge in [0.1, 0.15) is 12.4 Å². The lowest BCUT2D eigenvalue weighted by Crippen LogP contribution is -2.33. The van der Waals surface area contributed by atoms with Crippen LogP contribution in [0.25, 0.3) is 0 Å². The van der Waals surface area contributed by atoms with Crippen molar-refractivity contribution in [1.29, 1.82) is 0 Å². The first-order chi connectivity index (χ1) is 8.74. The van der Waals surface area contributed by atoms with Gasteiger partial charge in [0.15, 0.2) is 0 Å². The average molecular weight is 314 g/mol. The predicted octanol–water partition coefficient (Wildman–Crippen LogP) is 2.94. The molecule has 0 amide bonds. The van der Waals surface area contributed by atoms with Crippen molar-refractivity contribution in [3.05, 3.63) is 28.7 Å². The van der Waals surface area contributed by atoms with Gasteiger partial charge >= 0.3 is 0 Å². The Morgan fingerprint density at radius 1 is 1.39 bits per heavy atom. The number of rotatable bonds is 4. The molecule has 18 heavy (non-hydrogen) atoms. The molecule has 0 aliphatic carbocycles. The zero-order valence-corrected chi connectivity index (χ0v) is 12.4. The Morgan fingerprint density at radius 3 is 2.94 bits per heavy atom. The molecule has 0 saturated carbocycles. The van der Waals surface area contributed by atoms with Crippen molar-refractivity contribution in [1.82, 2.24) is 4.90 Å². The molecule has 2 rings (SSSR count). The maximum absolute atomic E-state index is 5.74. The van der Waals surface area contributed by atoms with Gasteiger partial charge in [-0.25, -0.2) is 0 Å². The zero-order valence-electron chi connectivity index (χ0n) is 10.8. The van der Waals surface area contributed by atoms with E-state index in [4.69, 9.17) is 9.47 Å². The fraction of sp³-hybridized carbons (Fsp3) is 0.571. The molecule has 3 nitrogen and oxygen atoms in total. The molecule has 1 aliphatic rings. The first kappa shape index (κ1) is 13.8. The summed E-state index contributed by atoms with van der Waals surface area (Å²) in [6.07, 6.45) is 1.45. The van der Waals surface area contributed by atoms with Gasteiger partial charge in [-0.05, 0) is 37.6 Å². The van der Waals surface area contributed by atoms with Crippen LogP contribution in [0.1, 0.15) is 13.3 Å². The van der Waals surface area contributed by atoms with Crippen molar-refractivity contribution < 1.29 is 9.47 Å². The lowest BCUT2D eigenvalue weighted by atomic mass is 10.3. The molecular formula is C14H20BrNO2. The Labute approximate surface area is 117 Å². The number of hydrogen-bond acceptors (Lipinski definition) is 3. The van der Waals surface area contributed by atoms with Crippen LogP contribution < -0.4 is 4.74 Å². The molecule has 0 spiro atoms. The van der Waals surface area contributed by atoms with Crippen molar-refractivity contribution in [3.63, 3.8) is 0 Å². The molecule has 0 aromatic heterocycles. The summed E-state index contributed by atoms with van der Waals surface area (Å²) in [4.78, 5) is 2.41. The molecule has 1 aliphatic heterocycles. The summed E-state index contributed by atoms with van der Waals surface area (Å²) in [6, 6.07) is 7.96. The largest absolute Gasteiger partial charge is 0.492 e. The van der Waals surface area contributed by atoms with E-state index in [9.17, 15) is 0 Å². The smallest absolute Gasteiger partial charge is 0.119 e. The summed E-state index contributed by atoms with van der Waals surface area (Å²) in [7, 11) is 0. The van der Waals surface area contributed by atoms with Gasteiger partial charge in [-0.15, -0.1) is 0 Å². The van der Waals surface area contributed by atoms with Gasteiger partial charge in [-0.1, -0.05) is 15.9 Å². The van der Waals surface area contributed by atoms with Crippen molar-refractivity contribution in [3.8, 4) is 5.75 Å². The molecule has 0 radical (unpaired) electrons. The number of nitrogens with zero attached hydrogens (tertiary/aromatic N) is 1. The summed E-state index contributed by atoms with van der Waals surface area (Å²) in [5.41, 5.74) is 0. The number of ether oxygens (including phenoxy) is 2. The highest BCUT2D eigenvalue weighted by Crippen LogP contribution is 2.16. The highest BCUT2D eigenvalue weighted by Gasteiger charge is 2.14. The number of hydrogen-bond donors (Lipinski definition) is 0. The van der Waals surface area contributed by atoms with Gasteiger partial charge in [0, 0.05) is 30.7 Å². The van der Waals surface area contributed by atoms with Crippen LogP contribution in [0.15, 0.2) is 28.7 Å². The van der Waals surface area contributed by atoms with E-state index in [2.05, 4.69) is 27.8 Å². The molecule has 1 heterocycles. The second-order valence-corrected chi connectivity index (χ2v) is 5.55. The quantitative estimate of drug-likeness (QED) is 0.853. The van der Waals surface area contributed by atoms with Crippen LogP contribution in [0.2, 0.25) is 0 Å². The molecule has 1 aromatic carbocycles. The third kappa shape index (κ3) is 4.59. The molecule has 1 saturated heterocycles. The van der Waals surface area contributed by atoms with Gasteiger partial charge in [0.2, 0.25) is 0 Å². The van der Waals surface area contributed by atoms with Crippen LogP contribution in [-0.4, -0.2) is 43.9 Å². The van der Waals surface area contributed by atoms with E-state index < -0.39 is 0 Å². The van der Waals surface area contributed by atoms with Crippen LogP contribution in [0.4, 0.5) is 0 Å². The highest BCUT2D eigenvalue weighted by atomic mass is 79.9. The van der Waals surface area contributed by atoms with Crippen molar-refractivity contribution in [2.45, 2.75) is 19.4 Å².